The summed E-state index contributed by atoms with van der Waals surface area (Å²) in [5.74, 6) is 0.969. The molecular weight excluding hydrogens is 270 g/mol. The van der Waals surface area contributed by atoms with Gasteiger partial charge in [0.25, 0.3) is 0 Å². The Hall–Kier alpha value is -1.80. The van der Waals surface area contributed by atoms with E-state index >= 15 is 0 Å². The maximum atomic E-state index is 5.96. The first-order valence-electron chi connectivity index (χ1n) is 8.33. The second-order valence-corrected chi connectivity index (χ2v) is 6.15. The van der Waals surface area contributed by atoms with E-state index in [-0.39, 0.29) is 0 Å². The lowest BCUT2D eigenvalue weighted by atomic mass is 10.0. The van der Waals surface area contributed by atoms with Crippen LogP contribution >= 0.6 is 0 Å². The molecule has 116 valence electrons. The van der Waals surface area contributed by atoms with Crippen LogP contribution < -0.4 is 4.74 Å². The summed E-state index contributed by atoms with van der Waals surface area (Å²) in [6.45, 7) is 6.40. The molecule has 0 aliphatic carbocycles. The summed E-state index contributed by atoms with van der Waals surface area (Å²) in [7, 11) is 0. The van der Waals surface area contributed by atoms with Gasteiger partial charge in [-0.1, -0.05) is 48.4 Å². The quantitative estimate of drug-likeness (QED) is 0.803. The van der Waals surface area contributed by atoms with Gasteiger partial charge in [-0.2, -0.15) is 0 Å². The van der Waals surface area contributed by atoms with E-state index in [0.717, 1.165) is 18.9 Å². The minimum atomic E-state index is 0.775. The van der Waals surface area contributed by atoms with Crippen LogP contribution in [0.5, 0.6) is 5.75 Å². The SMILES string of the molecule is Cc1cccc(-c2cccc(OCCN3CCCCC3)c2)c1. The van der Waals surface area contributed by atoms with Gasteiger partial charge in [0.05, 0.1) is 0 Å². The summed E-state index contributed by atoms with van der Waals surface area (Å²) < 4.78 is 5.96. The van der Waals surface area contributed by atoms with Gasteiger partial charge in [0.2, 0.25) is 0 Å². The molecule has 0 aromatic heterocycles. The summed E-state index contributed by atoms with van der Waals surface area (Å²) in [4.78, 5) is 2.51. The third kappa shape index (κ3) is 4.11. The van der Waals surface area contributed by atoms with Gasteiger partial charge in [0.15, 0.2) is 0 Å². The minimum absolute atomic E-state index is 0.775. The van der Waals surface area contributed by atoms with Gasteiger partial charge in [-0.3, -0.25) is 4.90 Å². The van der Waals surface area contributed by atoms with Gasteiger partial charge in [0.1, 0.15) is 12.4 Å². The van der Waals surface area contributed by atoms with Gasteiger partial charge in [-0.05, 0) is 56.1 Å². The van der Waals surface area contributed by atoms with Gasteiger partial charge < -0.3 is 4.74 Å². The van der Waals surface area contributed by atoms with Crippen LogP contribution in [0.3, 0.4) is 0 Å². The molecule has 0 saturated carbocycles. The third-order valence-electron chi connectivity index (χ3n) is 4.31. The molecule has 0 radical (unpaired) electrons. The first-order chi connectivity index (χ1) is 10.8. The van der Waals surface area contributed by atoms with E-state index in [9.17, 15) is 0 Å². The normalized spacial score (nSPS) is 15.7. The van der Waals surface area contributed by atoms with E-state index < -0.39 is 0 Å². The molecule has 0 amide bonds. The summed E-state index contributed by atoms with van der Waals surface area (Å²) in [6.07, 6.45) is 4.06. The molecule has 0 unspecified atom stereocenters. The van der Waals surface area contributed by atoms with E-state index in [4.69, 9.17) is 4.74 Å². The standard InChI is InChI=1S/C20H25NO/c1-17-7-5-8-18(15-17)19-9-6-10-20(16-19)22-14-13-21-11-3-2-4-12-21/h5-10,15-16H,2-4,11-14H2,1H3. The molecule has 2 heteroatoms. The molecular formula is C20H25NO. The van der Waals surface area contributed by atoms with Crippen molar-refractivity contribution < 1.29 is 4.74 Å². The Bertz CT molecular complexity index is 602. The molecule has 22 heavy (non-hydrogen) atoms. The van der Waals surface area contributed by atoms with Crippen LogP contribution in [-0.2, 0) is 0 Å². The van der Waals surface area contributed by atoms with Crippen LogP contribution in [0.15, 0.2) is 48.5 Å². The minimum Gasteiger partial charge on any atom is -0.492 e. The van der Waals surface area contributed by atoms with Crippen molar-refractivity contribution in [2.24, 2.45) is 0 Å². The fourth-order valence-corrected chi connectivity index (χ4v) is 3.07. The van der Waals surface area contributed by atoms with Crippen molar-refractivity contribution in [1.82, 2.24) is 4.90 Å². The Labute approximate surface area is 133 Å². The maximum absolute atomic E-state index is 5.96. The van der Waals surface area contributed by atoms with Gasteiger partial charge in [-0.25, -0.2) is 0 Å². The average molecular weight is 295 g/mol. The lowest BCUT2D eigenvalue weighted by molar-refractivity contribution is 0.183. The number of hydrogen-bond donors (Lipinski definition) is 0. The molecule has 1 fully saturated rings. The molecule has 0 spiro atoms. The Balaban J connectivity index is 1.59. The molecule has 2 aromatic carbocycles. The second kappa shape index (κ2) is 7.46. The molecule has 2 nitrogen and oxygen atoms in total. The topological polar surface area (TPSA) is 12.5 Å². The predicted molar refractivity (Wildman–Crippen MR) is 92.4 cm³/mol. The predicted octanol–water partition coefficient (Wildman–Crippen LogP) is 4.53. The first-order valence-corrected chi connectivity index (χ1v) is 8.33. The largest absolute Gasteiger partial charge is 0.492 e. The molecule has 0 atom stereocenters. The van der Waals surface area contributed by atoms with Crippen molar-refractivity contribution in [3.63, 3.8) is 0 Å². The molecule has 1 aliphatic rings. The first kappa shape index (κ1) is 15.1. The lowest BCUT2D eigenvalue weighted by Gasteiger charge is -2.26. The number of nitrogens with zero attached hydrogens (tertiary/aromatic N) is 1. The van der Waals surface area contributed by atoms with E-state index in [0.29, 0.717) is 0 Å². The number of ether oxygens (including phenoxy) is 1. The van der Waals surface area contributed by atoms with E-state index in [1.54, 1.807) is 0 Å². The number of likely N-dealkylation sites (tertiary alicyclic amines) is 1. The molecule has 2 aromatic rings. The van der Waals surface area contributed by atoms with Crippen molar-refractivity contribution in [2.45, 2.75) is 26.2 Å². The lowest BCUT2D eigenvalue weighted by Crippen LogP contribution is -2.33. The van der Waals surface area contributed by atoms with Crippen molar-refractivity contribution in [2.75, 3.05) is 26.2 Å². The molecule has 1 aliphatic heterocycles. The highest BCUT2D eigenvalue weighted by molar-refractivity contribution is 5.65. The number of rotatable bonds is 5. The Morgan fingerprint density at radius 3 is 2.41 bits per heavy atom. The summed E-state index contributed by atoms with van der Waals surface area (Å²) in [5.41, 5.74) is 3.76. The van der Waals surface area contributed by atoms with Crippen LogP contribution in [0, 0.1) is 6.92 Å². The monoisotopic (exact) mass is 295 g/mol. The smallest absolute Gasteiger partial charge is 0.119 e. The zero-order valence-electron chi connectivity index (χ0n) is 13.4. The van der Waals surface area contributed by atoms with Gasteiger partial charge in [0, 0.05) is 6.54 Å². The fraction of sp³-hybridized carbons (Fsp3) is 0.400. The van der Waals surface area contributed by atoms with Crippen molar-refractivity contribution >= 4 is 0 Å². The summed E-state index contributed by atoms with van der Waals surface area (Å²) in [6, 6.07) is 17.0. The van der Waals surface area contributed by atoms with Crippen LogP contribution in [0.4, 0.5) is 0 Å². The Morgan fingerprint density at radius 1 is 0.909 bits per heavy atom. The Morgan fingerprint density at radius 2 is 1.64 bits per heavy atom. The summed E-state index contributed by atoms with van der Waals surface area (Å²) >= 11 is 0. The fourth-order valence-electron chi connectivity index (χ4n) is 3.07. The molecule has 1 saturated heterocycles. The van der Waals surface area contributed by atoms with E-state index in [2.05, 4.69) is 60.4 Å². The molecule has 3 rings (SSSR count). The van der Waals surface area contributed by atoms with Crippen molar-refractivity contribution in [3.8, 4) is 16.9 Å². The van der Waals surface area contributed by atoms with E-state index in [1.165, 1.54) is 49.0 Å². The number of hydrogen-bond acceptors (Lipinski definition) is 2. The van der Waals surface area contributed by atoms with Crippen molar-refractivity contribution in [3.05, 3.63) is 54.1 Å². The summed E-state index contributed by atoms with van der Waals surface area (Å²) in [5, 5.41) is 0. The second-order valence-electron chi connectivity index (χ2n) is 6.15. The molecule has 0 bridgehead atoms. The van der Waals surface area contributed by atoms with Crippen LogP contribution in [0.1, 0.15) is 24.8 Å². The Kier molecular flexibility index (Phi) is 5.12. The van der Waals surface area contributed by atoms with Crippen LogP contribution in [-0.4, -0.2) is 31.1 Å². The maximum Gasteiger partial charge on any atom is 0.119 e. The highest BCUT2D eigenvalue weighted by Crippen LogP contribution is 2.24. The average Bonchev–Trinajstić information content (AvgIpc) is 2.56. The van der Waals surface area contributed by atoms with Gasteiger partial charge >= 0.3 is 0 Å². The zero-order valence-corrected chi connectivity index (χ0v) is 13.4. The number of aryl methyl sites for hydroxylation is 1. The number of piperidine rings is 1. The highest BCUT2D eigenvalue weighted by atomic mass is 16.5. The highest BCUT2D eigenvalue weighted by Gasteiger charge is 2.09. The third-order valence-corrected chi connectivity index (χ3v) is 4.31. The molecule has 1 heterocycles. The van der Waals surface area contributed by atoms with Crippen molar-refractivity contribution in [1.29, 1.82) is 0 Å². The zero-order chi connectivity index (χ0) is 15.2. The van der Waals surface area contributed by atoms with Gasteiger partial charge in [-0.15, -0.1) is 0 Å². The van der Waals surface area contributed by atoms with E-state index in [1.807, 2.05) is 0 Å². The number of benzene rings is 2. The molecule has 0 N–H and O–H groups in total. The van der Waals surface area contributed by atoms with Crippen LogP contribution in [0.2, 0.25) is 0 Å². The van der Waals surface area contributed by atoms with Crippen LogP contribution in [0.25, 0.3) is 11.1 Å².